The Hall–Kier alpha value is -12.8. The first kappa shape index (κ1) is 51.2. The molecule has 12 aromatic carbocycles. The molecule has 0 saturated heterocycles. The first-order valence-corrected chi connectivity index (χ1v) is 38.2. The fraction of sp³-hybridized carbons (Fsp3) is 0.179. The smallest absolute Gasteiger partial charge is 0.201 e. The van der Waals surface area contributed by atoms with E-state index < -0.39 is 68.5 Å². The van der Waals surface area contributed by atoms with Gasteiger partial charge in [0, 0.05) is 111 Å². The van der Waals surface area contributed by atoms with Crippen LogP contribution in [0.4, 0.5) is 0 Å². The predicted molar refractivity (Wildman–Crippen MR) is 491 cm³/mol. The van der Waals surface area contributed by atoms with E-state index in [9.17, 15) is 0 Å². The van der Waals surface area contributed by atoms with Crippen LogP contribution in [0.2, 0.25) is 0 Å². The lowest BCUT2D eigenvalue weighted by Gasteiger charge is -2.14. The molecule has 0 fully saturated rings. The second-order valence-corrected chi connectivity index (χ2v) is 29.5. The molecule has 0 saturated carbocycles. The third-order valence-electron chi connectivity index (χ3n) is 21.2. The number of aromatic nitrogens is 4. The summed E-state index contributed by atoms with van der Waals surface area (Å²) in [5.74, 6) is 0. The van der Waals surface area contributed by atoms with E-state index in [1.807, 2.05) is 233 Å². The van der Waals surface area contributed by atoms with Crippen molar-refractivity contribution in [3.8, 4) is 134 Å². The maximum absolute atomic E-state index is 8.16. The van der Waals surface area contributed by atoms with Crippen LogP contribution in [0.25, 0.3) is 134 Å². The normalized spacial score (nSPS) is 15.8. The van der Waals surface area contributed by atoms with Crippen LogP contribution in [0.15, 0.2) is 316 Å². The zero-order valence-electron chi connectivity index (χ0n) is 96.8. The number of pyridine rings is 4. The van der Waals surface area contributed by atoms with Crippen LogP contribution in [0.3, 0.4) is 0 Å². The molecule has 0 radical (unpaired) electrons. The van der Waals surface area contributed by atoms with Crippen LogP contribution in [0.1, 0.15) is 130 Å². The Morgan fingerprint density at radius 3 is 0.897 bits per heavy atom. The van der Waals surface area contributed by atoms with Gasteiger partial charge in [0.1, 0.15) is 28.2 Å². The molecule has 0 spiro atoms. The minimum atomic E-state index is -2.52. The van der Waals surface area contributed by atoms with Gasteiger partial charge in [-0.15, -0.1) is 0 Å². The van der Waals surface area contributed by atoms with Gasteiger partial charge in [0.2, 0.25) is 22.8 Å². The zero-order valence-corrected chi connectivity index (χ0v) is 66.8. The van der Waals surface area contributed by atoms with Gasteiger partial charge in [0.15, 0.2) is 24.8 Å². The lowest BCUT2D eigenvalue weighted by molar-refractivity contribution is -0.660. The first-order chi connectivity index (χ1) is 67.9. The number of aryl methyl sites for hydroxylation is 20. The largest absolute Gasteiger partial charge is 0.213 e. The Balaban J connectivity index is 0.000000163. The standard InChI is InChI=1S/C29H30N.2C28H28N.C27H26N/c1-19-15-22(4)29(23(5)16-19)25-13-14-30(6)28(18-25)27-17-24(12-11-21(27)3)26-10-8-7-9-20(26)2;1-19-10-6-8-12-24(19)23-15-14-21(3)27(16-23)28-17-26(22(4)18-29(28)5)25-13-9-7-11-20(25)2;1-19-10-13-26(22(4)16-19)24-14-15-29(5)28(18-24)27-17-23(12-11-21(27)3)25-9-7-6-8-20(25)2;1-19-10-8-9-13-24(19)23-15-14-20(2)26(16-23)27-17-25(21(3)18-28(27)4)22-11-6-5-7-12-22/h7-18H,1-6H3;2*6-18H,1-5H3;5-18H,1-4H3/q4*+1/i2D3,4D3,5D3;1D3,2D3,4D3;2D3,4D3;1D3,3D3. The fourth-order valence-corrected chi connectivity index (χ4v) is 14.8. The molecule has 0 bridgehead atoms. The van der Waals surface area contributed by atoms with Gasteiger partial charge in [0.25, 0.3) is 0 Å². The van der Waals surface area contributed by atoms with Gasteiger partial charge in [-0.2, -0.15) is 0 Å². The summed E-state index contributed by atoms with van der Waals surface area (Å²) in [5, 5.41) is 0. The van der Waals surface area contributed by atoms with E-state index in [2.05, 4.69) is 0 Å². The van der Waals surface area contributed by atoms with Gasteiger partial charge in [-0.25, -0.2) is 18.3 Å². The van der Waals surface area contributed by atoms with Crippen molar-refractivity contribution in [1.82, 2.24) is 0 Å². The average molecular weight is 1540 g/mol. The molecule has 0 unspecified atom stereocenters. The summed E-state index contributed by atoms with van der Waals surface area (Å²) in [4.78, 5) is 0. The third-order valence-corrected chi connectivity index (χ3v) is 21.2. The number of benzene rings is 12. The minimum Gasteiger partial charge on any atom is -0.201 e. The van der Waals surface area contributed by atoms with E-state index in [1.54, 1.807) is 146 Å². The fourth-order valence-electron chi connectivity index (χ4n) is 14.8. The van der Waals surface area contributed by atoms with Crippen LogP contribution < -0.4 is 18.3 Å². The van der Waals surface area contributed by atoms with Gasteiger partial charge in [-0.05, 0) is 290 Å². The quantitative estimate of drug-likeness (QED) is 0.108. The molecule has 16 rings (SSSR count). The van der Waals surface area contributed by atoms with E-state index in [-0.39, 0.29) is 44.5 Å². The molecule has 0 aliphatic carbocycles. The SMILES string of the molecule is [2H]C([2H])([2H])c1ccccc1-c1ccc(C)c(-c2cc(-c3c(C([2H])([2H])[2H])cc(C)cc3C([2H])([2H])[2H])cc[n+]2C)c1.[2H]C([2H])([2H])c1ccccc1-c1ccc(C)c(-c2cc(-c3ccc(C)cc3C([2H])([2H])[2H])cc[n+]2C)c1.[2H]C([2H])([2H])c1ccccc1-c1ccc(C)c(-c2cc(-c3ccccc3)c(C([2H])([2H])[2H])c[n+]2C)c1.[2H]C([2H])([2H])c1ccccc1-c1ccc(C)c(-c2cc(-c3ccccc3C([2H])([2H])[2H])c(C([2H])([2H])[2H])c[n+]2C)c1. The Morgan fingerprint density at radius 1 is 0.181 bits per heavy atom. The van der Waals surface area contributed by atoms with Crippen LogP contribution in [-0.4, -0.2) is 0 Å². The molecule has 4 heteroatoms. The van der Waals surface area contributed by atoms with Crippen molar-refractivity contribution in [2.45, 2.75) is 110 Å². The summed E-state index contributed by atoms with van der Waals surface area (Å²) in [6, 6.07) is 86.7. The minimum absolute atomic E-state index is 0.00879. The van der Waals surface area contributed by atoms with E-state index in [0.29, 0.717) is 83.6 Å². The van der Waals surface area contributed by atoms with E-state index in [0.717, 1.165) is 95.0 Å². The highest BCUT2D eigenvalue weighted by Gasteiger charge is 2.24. The lowest BCUT2D eigenvalue weighted by Crippen LogP contribution is -2.31. The molecule has 16 aromatic rings. The Morgan fingerprint density at radius 2 is 0.491 bits per heavy atom. The van der Waals surface area contributed by atoms with Gasteiger partial charge >= 0.3 is 0 Å². The van der Waals surface area contributed by atoms with E-state index in [4.69, 9.17) is 41.1 Å². The van der Waals surface area contributed by atoms with Gasteiger partial charge in [-0.1, -0.05) is 242 Å². The number of hydrogen-bond donors (Lipinski definition) is 0. The van der Waals surface area contributed by atoms with Crippen molar-refractivity contribution in [1.29, 1.82) is 0 Å². The van der Waals surface area contributed by atoms with Crippen molar-refractivity contribution < 1.29 is 59.4 Å². The zero-order chi connectivity index (χ0) is 107. The summed E-state index contributed by atoms with van der Waals surface area (Å²) in [7, 11) is 7.38. The van der Waals surface area contributed by atoms with Crippen LogP contribution >= 0.6 is 0 Å². The summed E-state index contributed by atoms with van der Waals surface area (Å²) < 4.78 is 249. The molecule has 0 amide bonds. The Bertz CT molecular complexity index is 7520. The highest BCUT2D eigenvalue weighted by atomic mass is 14.9. The number of nitrogens with zero attached hydrogens (tertiary/aromatic N) is 4. The van der Waals surface area contributed by atoms with Gasteiger partial charge in [-0.3, -0.25) is 0 Å². The average Bonchev–Trinajstić information content (AvgIpc) is 0.757. The predicted octanol–water partition coefficient (Wildman–Crippen LogP) is 27.0. The molecule has 576 valence electrons. The van der Waals surface area contributed by atoms with E-state index in [1.165, 1.54) is 24.4 Å². The molecule has 0 aliphatic heterocycles. The second kappa shape index (κ2) is 35.7. The highest BCUT2D eigenvalue weighted by Crippen LogP contribution is 2.39. The molecule has 4 heterocycles. The van der Waals surface area contributed by atoms with Crippen LogP contribution in [0, 0.1) is 110 Å². The van der Waals surface area contributed by atoms with Crippen LogP contribution in [-0.2, 0) is 28.2 Å². The number of rotatable bonds is 12. The molecule has 4 nitrogen and oxygen atoms in total. The van der Waals surface area contributed by atoms with Gasteiger partial charge in [0.05, 0.1) is 0 Å². The van der Waals surface area contributed by atoms with Gasteiger partial charge < -0.3 is 0 Å². The van der Waals surface area contributed by atoms with Crippen molar-refractivity contribution in [2.75, 3.05) is 0 Å². The van der Waals surface area contributed by atoms with Crippen molar-refractivity contribution in [3.05, 3.63) is 405 Å². The number of hydrogen-bond acceptors (Lipinski definition) is 0. The highest BCUT2D eigenvalue weighted by molar-refractivity contribution is 5.83. The molecule has 116 heavy (non-hydrogen) atoms. The van der Waals surface area contributed by atoms with Crippen LogP contribution in [0.5, 0.6) is 0 Å². The summed E-state index contributed by atoms with van der Waals surface area (Å²) in [5.41, 5.74) is 23.6. The molecule has 0 N–H and O–H groups in total. The molecular formula is C112H112N4+4. The second-order valence-electron chi connectivity index (χ2n) is 29.5. The monoisotopic (exact) mass is 1540 g/mol. The summed E-state index contributed by atoms with van der Waals surface area (Å²) >= 11 is 0. The topological polar surface area (TPSA) is 15.5 Å². The molecule has 0 aliphatic rings. The Kier molecular flexibility index (Phi) is 15.8. The maximum Gasteiger partial charge on any atom is 0.213 e. The van der Waals surface area contributed by atoms with Crippen molar-refractivity contribution in [2.24, 2.45) is 28.2 Å². The molecule has 4 aromatic heterocycles. The summed E-state index contributed by atoms with van der Waals surface area (Å²) in [6.07, 6.45) is 6.90. The van der Waals surface area contributed by atoms with Crippen molar-refractivity contribution >= 4 is 0 Å². The first-order valence-electron chi connectivity index (χ1n) is 53.2. The summed E-state index contributed by atoms with van der Waals surface area (Å²) in [6.45, 7) is -12.0. The molecular weight excluding hydrogens is 1400 g/mol. The maximum atomic E-state index is 8.16. The van der Waals surface area contributed by atoms with E-state index >= 15 is 0 Å². The van der Waals surface area contributed by atoms with Crippen molar-refractivity contribution in [3.63, 3.8) is 0 Å². The lowest BCUT2D eigenvalue weighted by atomic mass is 9.91. The Labute approximate surface area is 733 Å². The molecule has 0 atom stereocenters. The third kappa shape index (κ3) is 18.1.